The molecule has 0 saturated carbocycles. The fourth-order valence-electron chi connectivity index (χ4n) is 3.09. The van der Waals surface area contributed by atoms with Crippen LogP contribution in [0.3, 0.4) is 0 Å². The van der Waals surface area contributed by atoms with E-state index in [1.807, 2.05) is 13.8 Å². The number of ether oxygens (including phenoxy) is 1. The Bertz CT molecular complexity index is 818. The van der Waals surface area contributed by atoms with E-state index < -0.39 is 5.97 Å². The number of rotatable bonds is 4. The minimum Gasteiger partial charge on any atom is -0.465 e. The first-order valence-electron chi connectivity index (χ1n) is 9.09. The number of anilines is 1. The smallest absolute Gasteiger partial charge is 0.337 e. The first-order chi connectivity index (χ1) is 13.0. The van der Waals surface area contributed by atoms with Crippen LogP contribution in [0.25, 0.3) is 0 Å². The Hall–Kier alpha value is -2.90. The highest BCUT2D eigenvalue weighted by molar-refractivity contribution is 5.94. The molecule has 1 aliphatic heterocycles. The van der Waals surface area contributed by atoms with E-state index >= 15 is 0 Å². The number of carbonyl (C=O) groups is 2. The number of likely N-dealkylation sites (tertiary alicyclic amines) is 1. The van der Waals surface area contributed by atoms with Crippen LogP contribution >= 0.6 is 0 Å². The van der Waals surface area contributed by atoms with Crippen LogP contribution in [0.1, 0.15) is 67.1 Å². The van der Waals surface area contributed by atoms with E-state index in [1.54, 1.807) is 29.2 Å². The quantitative estimate of drug-likeness (QED) is 0.821. The van der Waals surface area contributed by atoms with Gasteiger partial charge >= 0.3 is 12.0 Å². The third-order valence-corrected chi connectivity index (χ3v) is 4.56. The summed E-state index contributed by atoms with van der Waals surface area (Å²) in [6, 6.07) is 6.15. The van der Waals surface area contributed by atoms with Crippen molar-refractivity contribution in [1.29, 1.82) is 0 Å². The van der Waals surface area contributed by atoms with E-state index in [-0.39, 0.29) is 18.0 Å². The van der Waals surface area contributed by atoms with Gasteiger partial charge in [-0.3, -0.25) is 0 Å². The molecule has 0 aliphatic carbocycles. The van der Waals surface area contributed by atoms with E-state index in [0.29, 0.717) is 29.5 Å². The third kappa shape index (κ3) is 4.27. The van der Waals surface area contributed by atoms with Gasteiger partial charge in [-0.2, -0.15) is 4.98 Å². The third-order valence-electron chi connectivity index (χ3n) is 4.56. The lowest BCUT2D eigenvalue weighted by Crippen LogP contribution is -2.41. The summed E-state index contributed by atoms with van der Waals surface area (Å²) in [6.45, 7) is 4.59. The topological polar surface area (TPSA) is 97.6 Å². The normalized spacial score (nSPS) is 17.0. The summed E-state index contributed by atoms with van der Waals surface area (Å²) >= 11 is 0. The number of urea groups is 1. The highest BCUT2D eigenvalue weighted by Crippen LogP contribution is 2.31. The number of hydrogen-bond donors (Lipinski definition) is 1. The summed E-state index contributed by atoms with van der Waals surface area (Å²) in [4.78, 5) is 30.7. The van der Waals surface area contributed by atoms with Gasteiger partial charge in [0, 0.05) is 18.2 Å². The molecule has 1 fully saturated rings. The van der Waals surface area contributed by atoms with Crippen LogP contribution in [-0.2, 0) is 4.74 Å². The highest BCUT2D eigenvalue weighted by Gasteiger charge is 2.32. The Balaban J connectivity index is 1.76. The van der Waals surface area contributed by atoms with Gasteiger partial charge in [-0.1, -0.05) is 25.1 Å². The zero-order valence-corrected chi connectivity index (χ0v) is 15.8. The van der Waals surface area contributed by atoms with Crippen LogP contribution in [0.5, 0.6) is 0 Å². The molecule has 1 aromatic carbocycles. The maximum Gasteiger partial charge on any atom is 0.337 e. The molecule has 2 aromatic rings. The van der Waals surface area contributed by atoms with Crippen molar-refractivity contribution in [1.82, 2.24) is 15.0 Å². The number of benzene rings is 1. The number of nitrogens with one attached hydrogen (secondary N) is 1. The van der Waals surface area contributed by atoms with E-state index in [2.05, 4.69) is 15.5 Å². The van der Waals surface area contributed by atoms with Crippen LogP contribution in [0.4, 0.5) is 10.5 Å². The molecule has 8 heteroatoms. The van der Waals surface area contributed by atoms with Crippen molar-refractivity contribution in [3.05, 3.63) is 41.5 Å². The average Bonchev–Trinajstić information content (AvgIpc) is 3.18. The fourth-order valence-corrected chi connectivity index (χ4v) is 3.09. The van der Waals surface area contributed by atoms with Gasteiger partial charge in [-0.25, -0.2) is 9.59 Å². The zero-order valence-electron chi connectivity index (χ0n) is 15.8. The van der Waals surface area contributed by atoms with Gasteiger partial charge in [0.1, 0.15) is 6.04 Å². The predicted octanol–water partition coefficient (Wildman–Crippen LogP) is 3.74. The van der Waals surface area contributed by atoms with Crippen molar-refractivity contribution >= 4 is 17.7 Å². The van der Waals surface area contributed by atoms with Gasteiger partial charge in [0.15, 0.2) is 5.82 Å². The Morgan fingerprint density at radius 2 is 2.15 bits per heavy atom. The lowest BCUT2D eigenvalue weighted by molar-refractivity contribution is 0.0600. The molecular formula is C19H24N4O4. The molecule has 1 atom stereocenters. The first kappa shape index (κ1) is 18.9. The van der Waals surface area contributed by atoms with Gasteiger partial charge in [-0.15, -0.1) is 0 Å². The molecule has 0 radical (unpaired) electrons. The van der Waals surface area contributed by atoms with Crippen molar-refractivity contribution in [2.45, 2.75) is 45.1 Å². The molecule has 27 heavy (non-hydrogen) atoms. The van der Waals surface area contributed by atoms with Crippen molar-refractivity contribution in [2.75, 3.05) is 19.0 Å². The Labute approximate surface area is 157 Å². The number of nitrogens with zero attached hydrogens (tertiary/aromatic N) is 3. The summed E-state index contributed by atoms with van der Waals surface area (Å²) in [5, 5.41) is 6.86. The van der Waals surface area contributed by atoms with Crippen LogP contribution < -0.4 is 5.32 Å². The van der Waals surface area contributed by atoms with E-state index in [1.165, 1.54) is 7.11 Å². The summed E-state index contributed by atoms with van der Waals surface area (Å²) in [6.07, 6.45) is 2.68. The standard InChI is InChI=1S/C19H24N4O4/c1-12(2)16-21-17(27-22-16)15-9-4-5-10-23(15)19(25)20-14-8-6-7-13(11-14)18(24)26-3/h6-8,11-12,15H,4-5,9-10H2,1-3H3,(H,20,25)/t15-/m0/s1. The molecule has 1 aliphatic rings. The number of hydrogen-bond acceptors (Lipinski definition) is 6. The van der Waals surface area contributed by atoms with Crippen molar-refractivity contribution in [3.63, 3.8) is 0 Å². The monoisotopic (exact) mass is 372 g/mol. The maximum absolute atomic E-state index is 12.9. The molecule has 0 bridgehead atoms. The number of carbonyl (C=O) groups excluding carboxylic acids is 2. The van der Waals surface area contributed by atoms with E-state index in [9.17, 15) is 9.59 Å². The number of methoxy groups -OCH3 is 1. The summed E-state index contributed by atoms with van der Waals surface area (Å²) in [7, 11) is 1.32. The van der Waals surface area contributed by atoms with Gasteiger partial charge in [-0.05, 0) is 37.5 Å². The second kappa shape index (κ2) is 8.20. The summed E-state index contributed by atoms with van der Waals surface area (Å²) in [5.41, 5.74) is 0.907. The number of piperidine rings is 1. The van der Waals surface area contributed by atoms with Crippen LogP contribution in [0.15, 0.2) is 28.8 Å². The van der Waals surface area contributed by atoms with Crippen LogP contribution in [-0.4, -0.2) is 40.7 Å². The SMILES string of the molecule is COC(=O)c1cccc(NC(=O)N2CCCC[C@H]2c2nc(C(C)C)no2)c1. The van der Waals surface area contributed by atoms with Gasteiger partial charge in [0.25, 0.3) is 0 Å². The first-order valence-corrected chi connectivity index (χ1v) is 9.09. The van der Waals surface area contributed by atoms with Crippen LogP contribution in [0.2, 0.25) is 0 Å². The maximum atomic E-state index is 12.9. The molecule has 144 valence electrons. The molecule has 1 N–H and O–H groups in total. The van der Waals surface area contributed by atoms with Crippen molar-refractivity contribution in [2.24, 2.45) is 0 Å². The average molecular weight is 372 g/mol. The predicted molar refractivity (Wildman–Crippen MR) is 98.5 cm³/mol. The minimum absolute atomic E-state index is 0.162. The van der Waals surface area contributed by atoms with Crippen molar-refractivity contribution < 1.29 is 18.8 Å². The van der Waals surface area contributed by atoms with Gasteiger partial charge < -0.3 is 19.5 Å². The molecule has 1 aromatic heterocycles. The number of aromatic nitrogens is 2. The Kier molecular flexibility index (Phi) is 5.73. The minimum atomic E-state index is -0.450. The Morgan fingerprint density at radius 1 is 1.33 bits per heavy atom. The Morgan fingerprint density at radius 3 is 2.85 bits per heavy atom. The molecule has 2 heterocycles. The molecule has 0 unspecified atom stereocenters. The lowest BCUT2D eigenvalue weighted by Gasteiger charge is -2.33. The molecular weight excluding hydrogens is 348 g/mol. The molecule has 3 rings (SSSR count). The largest absolute Gasteiger partial charge is 0.465 e. The van der Waals surface area contributed by atoms with E-state index in [0.717, 1.165) is 19.3 Å². The second-order valence-electron chi connectivity index (χ2n) is 6.85. The van der Waals surface area contributed by atoms with E-state index in [4.69, 9.17) is 9.26 Å². The second-order valence-corrected chi connectivity index (χ2v) is 6.85. The fraction of sp³-hybridized carbons (Fsp3) is 0.474. The van der Waals surface area contributed by atoms with Crippen molar-refractivity contribution in [3.8, 4) is 0 Å². The number of esters is 1. The number of amides is 2. The van der Waals surface area contributed by atoms with Crippen LogP contribution in [0, 0.1) is 0 Å². The zero-order chi connectivity index (χ0) is 19.4. The molecule has 1 saturated heterocycles. The van der Waals surface area contributed by atoms with Gasteiger partial charge in [0.05, 0.1) is 12.7 Å². The lowest BCUT2D eigenvalue weighted by atomic mass is 10.0. The summed E-state index contributed by atoms with van der Waals surface area (Å²) < 4.78 is 10.1. The summed E-state index contributed by atoms with van der Waals surface area (Å²) in [5.74, 6) is 0.821. The molecule has 8 nitrogen and oxygen atoms in total. The molecule has 2 amide bonds. The highest BCUT2D eigenvalue weighted by atomic mass is 16.5. The molecule has 0 spiro atoms. The van der Waals surface area contributed by atoms with Gasteiger partial charge in [0.2, 0.25) is 5.89 Å².